The van der Waals surface area contributed by atoms with E-state index >= 15 is 0 Å². The number of piperidine rings is 1. The average Bonchev–Trinajstić information content (AvgIpc) is 2.80. The molecule has 0 radical (unpaired) electrons. The number of hydrogen-bond donors (Lipinski definition) is 2. The Morgan fingerprint density at radius 1 is 1.10 bits per heavy atom. The van der Waals surface area contributed by atoms with Gasteiger partial charge in [-0.1, -0.05) is 37.3 Å². The highest BCUT2D eigenvalue weighted by molar-refractivity contribution is 5.80. The monoisotopic (exact) mass is 428 g/mol. The SMILES string of the molecule is CCNC(=NCC(C)N1CCN(CC)CC1)NC1CCN(Cc2ccccc2)C(C)C1. The van der Waals surface area contributed by atoms with Gasteiger partial charge in [0.25, 0.3) is 0 Å². The maximum atomic E-state index is 4.96. The standard InChI is InChI=1S/C25H44N6/c1-5-26-25(27-19-22(4)30-16-14-29(6-2)15-17-30)28-24-12-13-31(21(3)18-24)20-23-10-8-7-9-11-23/h7-11,21-22,24H,5-6,12-20H2,1-4H3,(H2,26,27,28). The second kappa shape index (κ2) is 12.4. The summed E-state index contributed by atoms with van der Waals surface area (Å²) in [7, 11) is 0. The lowest BCUT2D eigenvalue weighted by Crippen LogP contribution is -2.52. The van der Waals surface area contributed by atoms with Gasteiger partial charge in [0.2, 0.25) is 0 Å². The molecule has 2 saturated heterocycles. The van der Waals surface area contributed by atoms with E-state index in [2.05, 4.69) is 83.4 Å². The van der Waals surface area contributed by atoms with Crippen LogP contribution in [0.1, 0.15) is 46.1 Å². The second-order valence-electron chi connectivity index (χ2n) is 9.21. The molecule has 0 amide bonds. The van der Waals surface area contributed by atoms with Crippen molar-refractivity contribution >= 4 is 5.96 Å². The van der Waals surface area contributed by atoms with Crippen molar-refractivity contribution in [3.05, 3.63) is 35.9 Å². The Balaban J connectivity index is 1.47. The molecule has 2 N–H and O–H groups in total. The van der Waals surface area contributed by atoms with Gasteiger partial charge in [-0.2, -0.15) is 0 Å². The van der Waals surface area contributed by atoms with Crippen LogP contribution in [0, 0.1) is 0 Å². The zero-order valence-electron chi connectivity index (χ0n) is 20.2. The Hall–Kier alpha value is -1.63. The van der Waals surface area contributed by atoms with Crippen LogP contribution >= 0.6 is 0 Å². The van der Waals surface area contributed by atoms with E-state index < -0.39 is 0 Å². The number of piperazine rings is 1. The molecule has 0 bridgehead atoms. The minimum atomic E-state index is 0.487. The number of benzene rings is 1. The van der Waals surface area contributed by atoms with Crippen LogP contribution in [-0.2, 0) is 6.54 Å². The molecule has 2 heterocycles. The zero-order chi connectivity index (χ0) is 22.1. The summed E-state index contributed by atoms with van der Waals surface area (Å²) >= 11 is 0. The fraction of sp³-hybridized carbons (Fsp3) is 0.720. The van der Waals surface area contributed by atoms with Crippen molar-refractivity contribution in [1.29, 1.82) is 0 Å². The van der Waals surface area contributed by atoms with Crippen LogP contribution in [0.3, 0.4) is 0 Å². The average molecular weight is 429 g/mol. The first kappa shape index (κ1) is 24.0. The van der Waals surface area contributed by atoms with Crippen LogP contribution < -0.4 is 10.6 Å². The quantitative estimate of drug-likeness (QED) is 0.492. The first-order valence-corrected chi connectivity index (χ1v) is 12.4. The van der Waals surface area contributed by atoms with Crippen LogP contribution in [0.25, 0.3) is 0 Å². The van der Waals surface area contributed by atoms with Gasteiger partial charge in [0, 0.05) is 63.9 Å². The van der Waals surface area contributed by atoms with Crippen LogP contribution in [0.4, 0.5) is 0 Å². The van der Waals surface area contributed by atoms with Crippen molar-refractivity contribution in [2.24, 2.45) is 4.99 Å². The topological polar surface area (TPSA) is 46.1 Å². The maximum absolute atomic E-state index is 4.96. The summed E-state index contributed by atoms with van der Waals surface area (Å²) in [6, 6.07) is 12.4. The maximum Gasteiger partial charge on any atom is 0.191 e. The predicted molar refractivity (Wildman–Crippen MR) is 132 cm³/mol. The van der Waals surface area contributed by atoms with E-state index in [9.17, 15) is 0 Å². The summed E-state index contributed by atoms with van der Waals surface area (Å²) in [5, 5.41) is 7.20. The third-order valence-electron chi connectivity index (χ3n) is 6.92. The lowest BCUT2D eigenvalue weighted by molar-refractivity contribution is 0.109. The molecule has 3 unspecified atom stereocenters. The van der Waals surface area contributed by atoms with Crippen molar-refractivity contribution in [2.45, 2.75) is 65.2 Å². The van der Waals surface area contributed by atoms with Crippen molar-refractivity contribution in [3.63, 3.8) is 0 Å². The van der Waals surface area contributed by atoms with E-state index in [-0.39, 0.29) is 0 Å². The second-order valence-corrected chi connectivity index (χ2v) is 9.21. The highest BCUT2D eigenvalue weighted by atomic mass is 15.3. The minimum Gasteiger partial charge on any atom is -0.357 e. The largest absolute Gasteiger partial charge is 0.357 e. The van der Waals surface area contributed by atoms with Gasteiger partial charge in [-0.05, 0) is 45.7 Å². The summed E-state index contributed by atoms with van der Waals surface area (Å²) in [6.07, 6.45) is 2.32. The highest BCUT2D eigenvalue weighted by Gasteiger charge is 2.26. The van der Waals surface area contributed by atoms with Gasteiger partial charge in [0.1, 0.15) is 0 Å². The molecule has 174 valence electrons. The molecule has 3 atom stereocenters. The molecule has 1 aromatic carbocycles. The lowest BCUT2D eigenvalue weighted by Gasteiger charge is -2.38. The van der Waals surface area contributed by atoms with Gasteiger partial charge in [-0.15, -0.1) is 0 Å². The number of likely N-dealkylation sites (tertiary alicyclic amines) is 1. The number of likely N-dealkylation sites (N-methyl/N-ethyl adjacent to an activating group) is 1. The van der Waals surface area contributed by atoms with Crippen LogP contribution in [0.2, 0.25) is 0 Å². The van der Waals surface area contributed by atoms with Gasteiger partial charge in [-0.3, -0.25) is 14.8 Å². The number of hydrogen-bond acceptors (Lipinski definition) is 4. The Morgan fingerprint density at radius 2 is 1.84 bits per heavy atom. The number of nitrogens with zero attached hydrogens (tertiary/aromatic N) is 4. The van der Waals surface area contributed by atoms with Crippen molar-refractivity contribution in [2.75, 3.05) is 52.4 Å². The first-order valence-electron chi connectivity index (χ1n) is 12.4. The molecule has 0 saturated carbocycles. The molecule has 2 aliphatic heterocycles. The van der Waals surface area contributed by atoms with Gasteiger partial charge < -0.3 is 15.5 Å². The van der Waals surface area contributed by atoms with E-state index in [1.807, 2.05) is 0 Å². The number of nitrogens with one attached hydrogen (secondary N) is 2. The third kappa shape index (κ3) is 7.48. The van der Waals surface area contributed by atoms with Crippen LogP contribution in [0.5, 0.6) is 0 Å². The number of aliphatic imine (C=N–C) groups is 1. The van der Waals surface area contributed by atoms with E-state index in [0.717, 1.165) is 64.6 Å². The molecule has 6 heteroatoms. The molecule has 3 rings (SSSR count). The molecule has 0 aromatic heterocycles. The van der Waals surface area contributed by atoms with Crippen LogP contribution in [-0.4, -0.2) is 91.1 Å². The predicted octanol–water partition coefficient (Wildman–Crippen LogP) is 2.62. The summed E-state index contributed by atoms with van der Waals surface area (Å²) < 4.78 is 0. The molecule has 2 fully saturated rings. The molecule has 2 aliphatic rings. The van der Waals surface area contributed by atoms with Crippen molar-refractivity contribution in [1.82, 2.24) is 25.3 Å². The normalized spacial score (nSPS) is 25.4. The highest BCUT2D eigenvalue weighted by Crippen LogP contribution is 2.20. The van der Waals surface area contributed by atoms with Gasteiger partial charge in [0.05, 0.1) is 6.54 Å². The molecule has 0 aliphatic carbocycles. The number of guanidine groups is 1. The fourth-order valence-corrected chi connectivity index (χ4v) is 4.78. The Labute approximate surface area is 190 Å². The van der Waals surface area contributed by atoms with E-state index in [1.54, 1.807) is 0 Å². The Bertz CT molecular complexity index is 655. The van der Waals surface area contributed by atoms with E-state index in [1.165, 1.54) is 18.7 Å². The van der Waals surface area contributed by atoms with Crippen LogP contribution in [0.15, 0.2) is 35.3 Å². The van der Waals surface area contributed by atoms with Crippen molar-refractivity contribution < 1.29 is 0 Å². The Kier molecular flexibility index (Phi) is 9.62. The summed E-state index contributed by atoms with van der Waals surface area (Å²) in [5.74, 6) is 0.982. The first-order chi connectivity index (χ1) is 15.1. The van der Waals surface area contributed by atoms with Gasteiger partial charge in [0.15, 0.2) is 5.96 Å². The lowest BCUT2D eigenvalue weighted by atomic mass is 9.97. The summed E-state index contributed by atoms with van der Waals surface area (Å²) in [6.45, 7) is 18.9. The number of rotatable bonds is 8. The van der Waals surface area contributed by atoms with E-state index in [4.69, 9.17) is 4.99 Å². The smallest absolute Gasteiger partial charge is 0.191 e. The summed E-state index contributed by atoms with van der Waals surface area (Å²) in [4.78, 5) is 12.7. The molecular formula is C25H44N6. The fourth-order valence-electron chi connectivity index (χ4n) is 4.78. The van der Waals surface area contributed by atoms with Gasteiger partial charge >= 0.3 is 0 Å². The molecular weight excluding hydrogens is 384 g/mol. The Morgan fingerprint density at radius 3 is 2.48 bits per heavy atom. The summed E-state index contributed by atoms with van der Waals surface area (Å²) in [5.41, 5.74) is 1.41. The molecule has 0 spiro atoms. The van der Waals surface area contributed by atoms with Crippen molar-refractivity contribution in [3.8, 4) is 0 Å². The third-order valence-corrected chi connectivity index (χ3v) is 6.92. The molecule has 6 nitrogen and oxygen atoms in total. The van der Waals surface area contributed by atoms with E-state index in [0.29, 0.717) is 18.1 Å². The molecule has 31 heavy (non-hydrogen) atoms. The van der Waals surface area contributed by atoms with Gasteiger partial charge in [-0.25, -0.2) is 0 Å². The minimum absolute atomic E-state index is 0.487. The zero-order valence-corrected chi connectivity index (χ0v) is 20.2. The molecule has 1 aromatic rings.